The Morgan fingerprint density at radius 1 is 1.26 bits per heavy atom. The van der Waals surface area contributed by atoms with Gasteiger partial charge in [0.15, 0.2) is 11.9 Å². The molecule has 2 aromatic carbocycles. The quantitative estimate of drug-likeness (QED) is 0.579. The number of nitriles is 1. The van der Waals surface area contributed by atoms with Gasteiger partial charge in [-0.1, -0.05) is 5.16 Å². The van der Waals surface area contributed by atoms with Crippen LogP contribution in [0.2, 0.25) is 0 Å². The second-order valence-electron chi connectivity index (χ2n) is 7.59. The monoisotopic (exact) mass is 419 g/mol. The lowest BCUT2D eigenvalue weighted by molar-refractivity contribution is 0.112. The average molecular weight is 419 g/mol. The van der Waals surface area contributed by atoms with E-state index in [0.29, 0.717) is 54.4 Å². The van der Waals surface area contributed by atoms with Gasteiger partial charge >= 0.3 is 6.09 Å². The summed E-state index contributed by atoms with van der Waals surface area (Å²) in [6, 6.07) is 12.2. The molecule has 1 aliphatic heterocycles. The van der Waals surface area contributed by atoms with Crippen molar-refractivity contribution in [2.45, 2.75) is 25.7 Å². The van der Waals surface area contributed by atoms with Crippen molar-refractivity contribution in [2.24, 2.45) is 5.92 Å². The minimum Gasteiger partial charge on any atom is -0.465 e. The molecule has 0 radical (unpaired) electrons. The summed E-state index contributed by atoms with van der Waals surface area (Å²) in [7, 11) is 0. The summed E-state index contributed by atoms with van der Waals surface area (Å²) < 4.78 is 11.3. The van der Waals surface area contributed by atoms with Crippen LogP contribution in [0.15, 0.2) is 40.9 Å². The fourth-order valence-corrected chi connectivity index (χ4v) is 3.92. The second kappa shape index (κ2) is 8.88. The molecule has 1 saturated heterocycles. The fourth-order valence-electron chi connectivity index (χ4n) is 3.92. The molecule has 3 aromatic rings. The highest BCUT2D eigenvalue weighted by atomic mass is 16.5. The van der Waals surface area contributed by atoms with Gasteiger partial charge in [-0.15, -0.1) is 0 Å². The Bertz CT molecular complexity index is 1140. The lowest BCUT2D eigenvalue weighted by Crippen LogP contribution is -2.37. The van der Waals surface area contributed by atoms with Crippen molar-refractivity contribution in [2.75, 3.05) is 13.1 Å². The first-order chi connectivity index (χ1) is 15.1. The predicted octanol–water partition coefficient (Wildman–Crippen LogP) is 4.63. The Labute approximate surface area is 178 Å². The summed E-state index contributed by atoms with van der Waals surface area (Å²) in [5, 5.41) is 22.9. The Hall–Kier alpha value is -3.86. The Balaban J connectivity index is 1.47. The third-order valence-electron chi connectivity index (χ3n) is 5.72. The Morgan fingerprint density at radius 3 is 2.65 bits per heavy atom. The standard InChI is InChI=1S/C23H21N3O5/c24-13-16-1-4-17(5-2-16)30-21-8-6-18-20(25-31-22(18)19(21)14-27)7-3-15-9-11-26(12-10-15)23(28)29/h1-2,4-6,8,14-15H,3,7,9-12H2,(H,28,29). The zero-order valence-corrected chi connectivity index (χ0v) is 16.8. The molecule has 0 spiro atoms. The van der Waals surface area contributed by atoms with Gasteiger partial charge in [-0.3, -0.25) is 4.79 Å². The number of carboxylic acid groups (broad SMARTS) is 1. The molecule has 8 heteroatoms. The molecule has 31 heavy (non-hydrogen) atoms. The number of piperidine rings is 1. The van der Waals surface area contributed by atoms with E-state index in [9.17, 15) is 9.59 Å². The zero-order chi connectivity index (χ0) is 21.8. The maximum absolute atomic E-state index is 11.8. The van der Waals surface area contributed by atoms with Gasteiger partial charge in [0.2, 0.25) is 0 Å². The number of aryl methyl sites for hydroxylation is 1. The van der Waals surface area contributed by atoms with E-state index in [0.717, 1.165) is 30.3 Å². The number of benzene rings is 2. The van der Waals surface area contributed by atoms with Crippen molar-refractivity contribution in [3.63, 3.8) is 0 Å². The molecule has 1 fully saturated rings. The topological polar surface area (TPSA) is 117 Å². The highest BCUT2D eigenvalue weighted by Gasteiger charge is 2.23. The maximum Gasteiger partial charge on any atom is 0.407 e. The van der Waals surface area contributed by atoms with E-state index >= 15 is 0 Å². The molecule has 0 aliphatic carbocycles. The number of rotatable bonds is 6. The van der Waals surface area contributed by atoms with Crippen molar-refractivity contribution >= 4 is 23.3 Å². The first kappa shape index (κ1) is 20.4. The molecule has 0 saturated carbocycles. The minimum absolute atomic E-state index is 0.287. The number of fused-ring (bicyclic) bond motifs is 1. The average Bonchev–Trinajstić information content (AvgIpc) is 3.21. The molecule has 1 aliphatic rings. The van der Waals surface area contributed by atoms with Crippen LogP contribution in [0.3, 0.4) is 0 Å². The molecule has 0 bridgehead atoms. The number of aldehydes is 1. The van der Waals surface area contributed by atoms with Gasteiger partial charge in [-0.25, -0.2) is 4.79 Å². The van der Waals surface area contributed by atoms with Crippen LogP contribution in [-0.2, 0) is 6.42 Å². The van der Waals surface area contributed by atoms with Crippen LogP contribution in [0.5, 0.6) is 11.5 Å². The first-order valence-corrected chi connectivity index (χ1v) is 10.1. The van der Waals surface area contributed by atoms with Crippen LogP contribution >= 0.6 is 0 Å². The SMILES string of the molecule is N#Cc1ccc(Oc2ccc3c(CCC4CCN(C(=O)O)CC4)noc3c2C=O)cc1. The van der Waals surface area contributed by atoms with E-state index in [-0.39, 0.29) is 5.56 Å². The molecule has 1 N–H and O–H groups in total. The van der Waals surface area contributed by atoms with E-state index in [1.54, 1.807) is 30.3 Å². The molecule has 0 unspecified atom stereocenters. The predicted molar refractivity (Wildman–Crippen MR) is 111 cm³/mol. The van der Waals surface area contributed by atoms with E-state index in [1.807, 2.05) is 12.1 Å². The van der Waals surface area contributed by atoms with Crippen molar-refractivity contribution in [3.8, 4) is 17.6 Å². The van der Waals surface area contributed by atoms with E-state index in [4.69, 9.17) is 19.6 Å². The van der Waals surface area contributed by atoms with Crippen LogP contribution < -0.4 is 4.74 Å². The number of ether oxygens (including phenoxy) is 1. The van der Waals surface area contributed by atoms with Crippen LogP contribution in [0.4, 0.5) is 4.79 Å². The Kier molecular flexibility index (Phi) is 5.85. The molecular formula is C23H21N3O5. The highest BCUT2D eigenvalue weighted by molar-refractivity contribution is 5.98. The summed E-state index contributed by atoms with van der Waals surface area (Å²) in [6.45, 7) is 1.12. The minimum atomic E-state index is -0.860. The number of nitrogens with zero attached hydrogens (tertiary/aromatic N) is 3. The smallest absolute Gasteiger partial charge is 0.407 e. The molecular weight excluding hydrogens is 398 g/mol. The summed E-state index contributed by atoms with van der Waals surface area (Å²) in [4.78, 5) is 24.3. The highest BCUT2D eigenvalue weighted by Crippen LogP contribution is 2.33. The first-order valence-electron chi connectivity index (χ1n) is 10.1. The lowest BCUT2D eigenvalue weighted by Gasteiger charge is -2.29. The Morgan fingerprint density at radius 2 is 2.00 bits per heavy atom. The van der Waals surface area contributed by atoms with Gasteiger partial charge < -0.3 is 19.3 Å². The largest absolute Gasteiger partial charge is 0.465 e. The van der Waals surface area contributed by atoms with Crippen LogP contribution in [0, 0.1) is 17.2 Å². The molecule has 4 rings (SSSR count). The van der Waals surface area contributed by atoms with E-state index < -0.39 is 6.09 Å². The van der Waals surface area contributed by atoms with Gasteiger partial charge in [0.05, 0.1) is 17.3 Å². The van der Waals surface area contributed by atoms with Crippen LogP contribution in [0.1, 0.15) is 40.9 Å². The fraction of sp³-hybridized carbons (Fsp3) is 0.304. The van der Waals surface area contributed by atoms with Crippen molar-refractivity contribution < 1.29 is 24.0 Å². The molecule has 2 heterocycles. The van der Waals surface area contributed by atoms with Gasteiger partial charge in [0.25, 0.3) is 0 Å². The molecule has 1 amide bonds. The van der Waals surface area contributed by atoms with Crippen molar-refractivity contribution in [3.05, 3.63) is 53.2 Å². The molecule has 8 nitrogen and oxygen atoms in total. The number of carbonyl (C=O) groups excluding carboxylic acids is 1. The molecule has 0 atom stereocenters. The molecule has 158 valence electrons. The number of hydrogen-bond acceptors (Lipinski definition) is 6. The van der Waals surface area contributed by atoms with Crippen LogP contribution in [0.25, 0.3) is 11.0 Å². The summed E-state index contributed by atoms with van der Waals surface area (Å²) in [5.41, 5.74) is 1.97. The summed E-state index contributed by atoms with van der Waals surface area (Å²) in [5.74, 6) is 1.30. The number of likely N-dealkylation sites (tertiary alicyclic amines) is 1. The van der Waals surface area contributed by atoms with Crippen molar-refractivity contribution in [1.29, 1.82) is 5.26 Å². The number of aromatic nitrogens is 1. The summed E-state index contributed by atoms with van der Waals surface area (Å²) >= 11 is 0. The number of carbonyl (C=O) groups is 2. The third kappa shape index (κ3) is 4.36. The third-order valence-corrected chi connectivity index (χ3v) is 5.72. The lowest BCUT2D eigenvalue weighted by atomic mass is 9.91. The van der Waals surface area contributed by atoms with Gasteiger partial charge in [-0.05, 0) is 68.0 Å². The van der Waals surface area contributed by atoms with Gasteiger partial charge in [-0.2, -0.15) is 5.26 Å². The number of amides is 1. The number of hydrogen-bond donors (Lipinski definition) is 1. The van der Waals surface area contributed by atoms with E-state index in [2.05, 4.69) is 5.16 Å². The normalized spacial score (nSPS) is 14.4. The zero-order valence-electron chi connectivity index (χ0n) is 16.8. The van der Waals surface area contributed by atoms with Gasteiger partial charge in [0.1, 0.15) is 17.1 Å². The van der Waals surface area contributed by atoms with Crippen LogP contribution in [-0.4, -0.2) is 40.6 Å². The second-order valence-corrected chi connectivity index (χ2v) is 7.59. The summed E-state index contributed by atoms with van der Waals surface area (Å²) in [6.07, 6.45) is 3.08. The maximum atomic E-state index is 11.8. The van der Waals surface area contributed by atoms with E-state index in [1.165, 1.54) is 4.90 Å². The molecule has 1 aromatic heterocycles. The van der Waals surface area contributed by atoms with Gasteiger partial charge in [0, 0.05) is 18.5 Å². The van der Waals surface area contributed by atoms with Crippen molar-refractivity contribution in [1.82, 2.24) is 10.1 Å².